The van der Waals surface area contributed by atoms with Crippen molar-refractivity contribution in [3.8, 4) is 0 Å². The van der Waals surface area contributed by atoms with Gasteiger partial charge in [-0.3, -0.25) is 0 Å². The van der Waals surface area contributed by atoms with Crippen molar-refractivity contribution >= 4 is 0 Å². The Morgan fingerprint density at radius 3 is 2.64 bits per heavy atom. The number of aliphatic hydroxyl groups excluding tert-OH is 2. The quantitative estimate of drug-likeness (QED) is 0.647. The maximum Gasteiger partial charge on any atom is 0.0568 e. The molecule has 1 rings (SSSR count). The molecule has 0 aromatic carbocycles. The molecular formula is C9H18O2. The van der Waals surface area contributed by atoms with E-state index in [4.69, 9.17) is 5.11 Å². The van der Waals surface area contributed by atoms with Gasteiger partial charge in [0.1, 0.15) is 0 Å². The Hall–Kier alpha value is -0.0800. The molecule has 11 heavy (non-hydrogen) atoms. The lowest BCUT2D eigenvalue weighted by molar-refractivity contribution is 0.108. The van der Waals surface area contributed by atoms with Gasteiger partial charge < -0.3 is 10.2 Å². The van der Waals surface area contributed by atoms with Crippen LogP contribution in [-0.4, -0.2) is 22.9 Å². The molecule has 1 fully saturated rings. The van der Waals surface area contributed by atoms with Gasteiger partial charge in [0.2, 0.25) is 0 Å². The average Bonchev–Trinajstić information content (AvgIpc) is 2.37. The van der Waals surface area contributed by atoms with Crippen molar-refractivity contribution in [2.24, 2.45) is 11.8 Å². The van der Waals surface area contributed by atoms with Crippen LogP contribution < -0.4 is 0 Å². The summed E-state index contributed by atoms with van der Waals surface area (Å²) in [5, 5.41) is 18.3. The smallest absolute Gasteiger partial charge is 0.0568 e. The minimum atomic E-state index is -0.0935. The fourth-order valence-electron chi connectivity index (χ4n) is 1.88. The molecule has 0 aromatic rings. The lowest BCUT2D eigenvalue weighted by Crippen LogP contribution is -2.17. The van der Waals surface area contributed by atoms with Crippen LogP contribution in [0.2, 0.25) is 0 Å². The van der Waals surface area contributed by atoms with Crippen LogP contribution in [-0.2, 0) is 0 Å². The van der Waals surface area contributed by atoms with Crippen molar-refractivity contribution in [1.82, 2.24) is 0 Å². The highest BCUT2D eigenvalue weighted by Gasteiger charge is 2.26. The molecule has 0 saturated heterocycles. The summed E-state index contributed by atoms with van der Waals surface area (Å²) in [5.41, 5.74) is 0. The molecule has 3 atom stereocenters. The van der Waals surface area contributed by atoms with E-state index >= 15 is 0 Å². The molecular weight excluding hydrogens is 140 g/mol. The zero-order valence-electron chi connectivity index (χ0n) is 7.16. The van der Waals surface area contributed by atoms with Crippen molar-refractivity contribution in [2.75, 3.05) is 6.61 Å². The van der Waals surface area contributed by atoms with Crippen molar-refractivity contribution < 1.29 is 10.2 Å². The molecule has 1 aliphatic rings. The predicted octanol–water partition coefficient (Wildman–Crippen LogP) is 1.17. The van der Waals surface area contributed by atoms with Crippen LogP contribution in [0.5, 0.6) is 0 Å². The molecule has 2 nitrogen and oxygen atoms in total. The van der Waals surface area contributed by atoms with Crippen molar-refractivity contribution in [3.05, 3.63) is 0 Å². The first-order chi connectivity index (χ1) is 5.24. The van der Waals surface area contributed by atoms with Gasteiger partial charge in [-0.1, -0.05) is 13.3 Å². The molecule has 0 aromatic heterocycles. The predicted molar refractivity (Wildman–Crippen MR) is 44.2 cm³/mol. The van der Waals surface area contributed by atoms with Crippen molar-refractivity contribution in [1.29, 1.82) is 0 Å². The first-order valence-electron chi connectivity index (χ1n) is 4.53. The second-order valence-electron chi connectivity index (χ2n) is 3.78. The Morgan fingerprint density at radius 1 is 1.45 bits per heavy atom. The minimum Gasteiger partial charge on any atom is -0.396 e. The number of hydrogen-bond acceptors (Lipinski definition) is 2. The summed E-state index contributed by atoms with van der Waals surface area (Å²) in [6.07, 6.45) is 4.15. The van der Waals surface area contributed by atoms with Crippen LogP contribution in [0, 0.1) is 11.8 Å². The third-order valence-electron chi connectivity index (χ3n) is 2.64. The van der Waals surface area contributed by atoms with Crippen LogP contribution in [0.4, 0.5) is 0 Å². The van der Waals surface area contributed by atoms with E-state index in [9.17, 15) is 5.11 Å². The Kier molecular flexibility index (Phi) is 3.34. The standard InChI is InChI=1S/C9H18O2/c1-7(6-10)5-8-3-2-4-9(8)11/h7-11H,2-6H2,1H3. The molecule has 0 spiro atoms. The molecule has 66 valence electrons. The number of hydrogen-bond donors (Lipinski definition) is 2. The first kappa shape index (κ1) is 9.01. The average molecular weight is 158 g/mol. The molecule has 0 bridgehead atoms. The highest BCUT2D eigenvalue weighted by Crippen LogP contribution is 2.30. The molecule has 1 saturated carbocycles. The normalized spacial score (nSPS) is 34.1. The van der Waals surface area contributed by atoms with Crippen LogP contribution in [0.3, 0.4) is 0 Å². The number of rotatable bonds is 3. The highest BCUT2D eigenvalue weighted by atomic mass is 16.3. The van der Waals surface area contributed by atoms with E-state index in [-0.39, 0.29) is 12.7 Å². The largest absolute Gasteiger partial charge is 0.396 e. The molecule has 0 heterocycles. The summed E-state index contributed by atoms with van der Waals surface area (Å²) in [7, 11) is 0. The number of aliphatic hydroxyl groups is 2. The SMILES string of the molecule is CC(CO)CC1CCCC1O. The molecule has 0 aliphatic heterocycles. The summed E-state index contributed by atoms with van der Waals surface area (Å²) in [5.74, 6) is 0.810. The van der Waals surface area contributed by atoms with Gasteiger partial charge in [-0.25, -0.2) is 0 Å². The van der Waals surface area contributed by atoms with Gasteiger partial charge in [0.05, 0.1) is 6.10 Å². The van der Waals surface area contributed by atoms with Gasteiger partial charge in [-0.05, 0) is 31.1 Å². The van der Waals surface area contributed by atoms with E-state index in [2.05, 4.69) is 0 Å². The summed E-state index contributed by atoms with van der Waals surface area (Å²) < 4.78 is 0. The van der Waals surface area contributed by atoms with Crippen LogP contribution >= 0.6 is 0 Å². The van der Waals surface area contributed by atoms with Gasteiger partial charge in [-0.2, -0.15) is 0 Å². The Morgan fingerprint density at radius 2 is 2.18 bits per heavy atom. The Labute approximate surface area is 68.2 Å². The zero-order chi connectivity index (χ0) is 8.27. The van der Waals surface area contributed by atoms with E-state index in [1.54, 1.807) is 0 Å². The van der Waals surface area contributed by atoms with Crippen LogP contribution in [0.25, 0.3) is 0 Å². The summed E-state index contributed by atoms with van der Waals surface area (Å²) in [6.45, 7) is 2.29. The zero-order valence-corrected chi connectivity index (χ0v) is 7.16. The molecule has 0 amide bonds. The van der Waals surface area contributed by atoms with Crippen molar-refractivity contribution in [3.63, 3.8) is 0 Å². The molecule has 0 radical (unpaired) electrons. The lowest BCUT2D eigenvalue weighted by atomic mass is 9.94. The van der Waals surface area contributed by atoms with Gasteiger partial charge in [0.15, 0.2) is 0 Å². The molecule has 2 heteroatoms. The molecule has 2 N–H and O–H groups in total. The maximum atomic E-state index is 9.45. The highest BCUT2D eigenvalue weighted by molar-refractivity contribution is 4.77. The van der Waals surface area contributed by atoms with E-state index in [0.29, 0.717) is 11.8 Å². The van der Waals surface area contributed by atoms with Crippen LogP contribution in [0.15, 0.2) is 0 Å². The van der Waals surface area contributed by atoms with E-state index < -0.39 is 0 Å². The monoisotopic (exact) mass is 158 g/mol. The maximum absolute atomic E-state index is 9.45. The van der Waals surface area contributed by atoms with Gasteiger partial charge in [0.25, 0.3) is 0 Å². The van der Waals surface area contributed by atoms with E-state index in [1.807, 2.05) is 6.92 Å². The molecule has 1 aliphatic carbocycles. The van der Waals surface area contributed by atoms with E-state index in [1.165, 1.54) is 0 Å². The fourth-order valence-corrected chi connectivity index (χ4v) is 1.88. The summed E-state index contributed by atoms with van der Waals surface area (Å²) in [6, 6.07) is 0. The molecule has 3 unspecified atom stereocenters. The van der Waals surface area contributed by atoms with E-state index in [0.717, 1.165) is 25.7 Å². The Balaban J connectivity index is 2.24. The topological polar surface area (TPSA) is 40.5 Å². The Bertz CT molecular complexity index is 114. The summed E-state index contributed by atoms with van der Waals surface area (Å²) >= 11 is 0. The lowest BCUT2D eigenvalue weighted by Gasteiger charge is -2.17. The van der Waals surface area contributed by atoms with Gasteiger partial charge in [-0.15, -0.1) is 0 Å². The third kappa shape index (κ3) is 2.46. The first-order valence-corrected chi connectivity index (χ1v) is 4.53. The second-order valence-corrected chi connectivity index (χ2v) is 3.78. The van der Waals surface area contributed by atoms with Gasteiger partial charge in [0, 0.05) is 6.61 Å². The minimum absolute atomic E-state index is 0.0935. The summed E-state index contributed by atoms with van der Waals surface area (Å²) in [4.78, 5) is 0. The van der Waals surface area contributed by atoms with Gasteiger partial charge >= 0.3 is 0 Å². The van der Waals surface area contributed by atoms with Crippen molar-refractivity contribution in [2.45, 2.75) is 38.7 Å². The van der Waals surface area contributed by atoms with Crippen LogP contribution in [0.1, 0.15) is 32.6 Å². The second kappa shape index (κ2) is 4.07. The fraction of sp³-hybridized carbons (Fsp3) is 1.00. The third-order valence-corrected chi connectivity index (χ3v) is 2.64.